The molecule has 1 saturated heterocycles. The molecule has 0 spiro atoms. The molecule has 2 heterocycles. The molecule has 1 aromatic heterocycles. The zero-order chi connectivity index (χ0) is 14.0. The van der Waals surface area contributed by atoms with Gasteiger partial charge in [-0.3, -0.25) is 0 Å². The smallest absolute Gasteiger partial charge is 0.211 e. The van der Waals surface area contributed by atoms with Crippen LogP contribution in [0.15, 0.2) is 0 Å². The minimum absolute atomic E-state index is 0.194. The summed E-state index contributed by atoms with van der Waals surface area (Å²) in [5, 5.41) is 14.1. The lowest BCUT2D eigenvalue weighted by atomic mass is 9.93. The molecule has 0 amide bonds. The second kappa shape index (κ2) is 5.82. The van der Waals surface area contributed by atoms with Crippen LogP contribution in [0, 0.1) is 12.8 Å². The number of sulfonamides is 1. The number of piperidine rings is 1. The van der Waals surface area contributed by atoms with E-state index in [0.29, 0.717) is 19.5 Å². The van der Waals surface area contributed by atoms with Gasteiger partial charge in [0.25, 0.3) is 0 Å². The van der Waals surface area contributed by atoms with Gasteiger partial charge in [-0.1, -0.05) is 4.49 Å². The van der Waals surface area contributed by atoms with E-state index in [1.54, 1.807) is 0 Å². The summed E-state index contributed by atoms with van der Waals surface area (Å²) < 4.78 is 28.4. The largest absolute Gasteiger partial charge is 0.387 e. The average Bonchev–Trinajstić information content (AvgIpc) is 2.75. The van der Waals surface area contributed by atoms with Crippen molar-refractivity contribution < 1.29 is 13.5 Å². The molecule has 1 N–H and O–H groups in total. The maximum atomic E-state index is 11.5. The van der Waals surface area contributed by atoms with Gasteiger partial charge in [0.1, 0.15) is 0 Å². The second-order valence-electron chi connectivity index (χ2n) is 5.10. The quantitative estimate of drug-likeness (QED) is 0.895. The van der Waals surface area contributed by atoms with Crippen LogP contribution in [0.3, 0.4) is 0 Å². The standard InChI is InChI=1S/C11H19N3O3S2/c1-8-11(18-13-12-8)10(15)6-9-4-3-5-14(7-9)19(2,16)17/h9-10,15H,3-7H2,1-2H3. The number of aryl methyl sites for hydroxylation is 1. The molecular formula is C11H19N3O3S2. The first-order valence-corrected chi connectivity index (χ1v) is 8.92. The summed E-state index contributed by atoms with van der Waals surface area (Å²) in [6, 6.07) is 0. The Morgan fingerprint density at radius 3 is 2.89 bits per heavy atom. The average molecular weight is 305 g/mol. The van der Waals surface area contributed by atoms with Crippen molar-refractivity contribution >= 4 is 21.6 Å². The van der Waals surface area contributed by atoms with Crippen molar-refractivity contribution in [3.05, 3.63) is 10.6 Å². The molecule has 0 aliphatic carbocycles. The normalized spacial score (nSPS) is 23.4. The lowest BCUT2D eigenvalue weighted by Crippen LogP contribution is -2.39. The van der Waals surface area contributed by atoms with Crippen LogP contribution in [0.5, 0.6) is 0 Å². The first-order chi connectivity index (χ1) is 8.88. The Kier molecular flexibility index (Phi) is 4.54. The summed E-state index contributed by atoms with van der Waals surface area (Å²) in [6.45, 7) is 2.92. The van der Waals surface area contributed by atoms with Crippen molar-refractivity contribution in [2.75, 3.05) is 19.3 Å². The molecule has 108 valence electrons. The van der Waals surface area contributed by atoms with Gasteiger partial charge in [0.2, 0.25) is 10.0 Å². The highest BCUT2D eigenvalue weighted by molar-refractivity contribution is 7.88. The van der Waals surface area contributed by atoms with Crippen LogP contribution in [0.25, 0.3) is 0 Å². The van der Waals surface area contributed by atoms with Crippen molar-refractivity contribution in [2.45, 2.75) is 32.3 Å². The number of aliphatic hydroxyl groups excluding tert-OH is 1. The van der Waals surface area contributed by atoms with Crippen molar-refractivity contribution in [2.24, 2.45) is 5.92 Å². The van der Waals surface area contributed by atoms with Gasteiger partial charge in [-0.05, 0) is 43.6 Å². The van der Waals surface area contributed by atoms with Crippen LogP contribution >= 0.6 is 11.5 Å². The first kappa shape index (κ1) is 14.8. The Labute approximate surface area is 117 Å². The van der Waals surface area contributed by atoms with Gasteiger partial charge in [0, 0.05) is 13.1 Å². The van der Waals surface area contributed by atoms with Gasteiger partial charge in [0.15, 0.2) is 0 Å². The molecule has 2 atom stereocenters. The Hall–Kier alpha value is -0.570. The van der Waals surface area contributed by atoms with Crippen LogP contribution in [-0.2, 0) is 10.0 Å². The van der Waals surface area contributed by atoms with Crippen LogP contribution < -0.4 is 0 Å². The highest BCUT2D eigenvalue weighted by atomic mass is 32.2. The third-order valence-corrected chi connectivity index (χ3v) is 5.69. The molecule has 1 aliphatic heterocycles. The number of aromatic nitrogens is 2. The summed E-state index contributed by atoms with van der Waals surface area (Å²) in [6.07, 6.45) is 3.02. The minimum atomic E-state index is -3.13. The van der Waals surface area contributed by atoms with Gasteiger partial charge in [0.05, 0.1) is 22.9 Å². The predicted molar refractivity (Wildman–Crippen MR) is 73.4 cm³/mol. The number of hydrogen-bond acceptors (Lipinski definition) is 6. The first-order valence-electron chi connectivity index (χ1n) is 6.30. The van der Waals surface area contributed by atoms with Crippen molar-refractivity contribution in [3.8, 4) is 0 Å². The SMILES string of the molecule is Cc1nnsc1C(O)CC1CCCN(S(C)(=O)=O)C1. The number of nitrogens with zero attached hydrogens (tertiary/aromatic N) is 3. The summed E-state index contributed by atoms with van der Waals surface area (Å²) in [5.41, 5.74) is 0.758. The molecule has 0 bridgehead atoms. The lowest BCUT2D eigenvalue weighted by molar-refractivity contribution is 0.125. The van der Waals surface area contributed by atoms with Crippen molar-refractivity contribution in [3.63, 3.8) is 0 Å². The van der Waals surface area contributed by atoms with Gasteiger partial charge < -0.3 is 5.11 Å². The molecule has 0 aromatic carbocycles. The Bertz CT molecular complexity index is 529. The maximum Gasteiger partial charge on any atom is 0.211 e. The summed E-state index contributed by atoms with van der Waals surface area (Å²) in [5.74, 6) is 0.194. The lowest BCUT2D eigenvalue weighted by Gasteiger charge is -2.31. The van der Waals surface area contributed by atoms with Gasteiger partial charge in [-0.15, -0.1) is 5.10 Å². The van der Waals surface area contributed by atoms with E-state index in [4.69, 9.17) is 0 Å². The number of aliphatic hydroxyl groups is 1. The number of rotatable bonds is 4. The fourth-order valence-electron chi connectivity index (χ4n) is 2.49. The summed E-state index contributed by atoms with van der Waals surface area (Å²) >= 11 is 1.21. The van der Waals surface area contributed by atoms with E-state index in [0.717, 1.165) is 23.4 Å². The van der Waals surface area contributed by atoms with Crippen LogP contribution in [-0.4, -0.2) is 46.8 Å². The van der Waals surface area contributed by atoms with E-state index in [2.05, 4.69) is 9.59 Å². The fourth-order valence-corrected chi connectivity index (χ4v) is 4.07. The second-order valence-corrected chi connectivity index (χ2v) is 7.87. The van der Waals surface area contributed by atoms with Crippen molar-refractivity contribution in [1.29, 1.82) is 0 Å². The minimum Gasteiger partial charge on any atom is -0.387 e. The Morgan fingerprint density at radius 2 is 2.32 bits per heavy atom. The van der Waals surface area contributed by atoms with Crippen LogP contribution in [0.2, 0.25) is 0 Å². The molecule has 8 heteroatoms. The molecule has 19 heavy (non-hydrogen) atoms. The Balaban J connectivity index is 1.98. The predicted octanol–water partition coefficient (Wildman–Crippen LogP) is 0.942. The van der Waals surface area contributed by atoms with E-state index < -0.39 is 16.1 Å². The molecule has 1 aromatic rings. The van der Waals surface area contributed by atoms with E-state index in [1.165, 1.54) is 22.1 Å². The van der Waals surface area contributed by atoms with E-state index in [1.807, 2.05) is 6.92 Å². The van der Waals surface area contributed by atoms with E-state index >= 15 is 0 Å². The van der Waals surface area contributed by atoms with Gasteiger partial charge in [-0.25, -0.2) is 12.7 Å². The topological polar surface area (TPSA) is 83.4 Å². The summed E-state index contributed by atoms with van der Waals surface area (Å²) in [7, 11) is -3.13. The highest BCUT2D eigenvalue weighted by Crippen LogP contribution is 2.30. The highest BCUT2D eigenvalue weighted by Gasteiger charge is 2.28. The van der Waals surface area contributed by atoms with Crippen molar-refractivity contribution in [1.82, 2.24) is 13.9 Å². The third kappa shape index (κ3) is 3.71. The monoisotopic (exact) mass is 305 g/mol. The fraction of sp³-hybridized carbons (Fsp3) is 0.818. The van der Waals surface area contributed by atoms with E-state index in [9.17, 15) is 13.5 Å². The number of hydrogen-bond donors (Lipinski definition) is 1. The molecule has 1 aliphatic rings. The maximum absolute atomic E-state index is 11.5. The molecule has 1 fully saturated rings. The molecule has 6 nitrogen and oxygen atoms in total. The molecule has 2 unspecified atom stereocenters. The molecular weight excluding hydrogens is 286 g/mol. The summed E-state index contributed by atoms with van der Waals surface area (Å²) in [4.78, 5) is 0.788. The molecule has 2 rings (SSSR count). The van der Waals surface area contributed by atoms with Gasteiger partial charge in [-0.2, -0.15) is 0 Å². The molecule has 0 saturated carbocycles. The van der Waals surface area contributed by atoms with Crippen LogP contribution in [0.4, 0.5) is 0 Å². The molecule has 0 radical (unpaired) electrons. The third-order valence-electron chi connectivity index (χ3n) is 3.50. The zero-order valence-corrected chi connectivity index (χ0v) is 12.7. The Morgan fingerprint density at radius 1 is 1.58 bits per heavy atom. The van der Waals surface area contributed by atoms with Gasteiger partial charge >= 0.3 is 0 Å². The van der Waals surface area contributed by atoms with E-state index in [-0.39, 0.29) is 5.92 Å². The zero-order valence-electron chi connectivity index (χ0n) is 11.1. The van der Waals surface area contributed by atoms with Crippen LogP contribution in [0.1, 0.15) is 35.9 Å².